The highest BCUT2D eigenvalue weighted by Crippen LogP contribution is 2.02. The van der Waals surface area contributed by atoms with Crippen molar-refractivity contribution in [2.75, 3.05) is 7.05 Å². The van der Waals surface area contributed by atoms with Crippen LogP contribution in [0.1, 0.15) is 20.8 Å². The third-order valence-electron chi connectivity index (χ3n) is 1.72. The Balaban J connectivity index is 4.67. The number of nitrogens with two attached hydrogens (primary N) is 1. The summed E-state index contributed by atoms with van der Waals surface area (Å²) in [5.41, 5.74) is 5.36. The predicted molar refractivity (Wildman–Crippen MR) is 61.2 cm³/mol. The van der Waals surface area contributed by atoms with Gasteiger partial charge in [-0.3, -0.25) is 0 Å². The summed E-state index contributed by atoms with van der Waals surface area (Å²) >= 11 is 4.72. The lowest BCUT2D eigenvalue weighted by Gasteiger charge is -2.24. The van der Waals surface area contributed by atoms with Crippen LogP contribution in [-0.4, -0.2) is 36.8 Å². The van der Waals surface area contributed by atoms with Crippen LogP contribution in [0.3, 0.4) is 0 Å². The van der Waals surface area contributed by atoms with Gasteiger partial charge in [0.15, 0.2) is 0 Å². The lowest BCUT2D eigenvalue weighted by molar-refractivity contribution is 0.436. The Labute approximate surface area is 90.8 Å². The van der Waals surface area contributed by atoms with Crippen molar-refractivity contribution in [2.24, 2.45) is 5.73 Å². The Hall–Kier alpha value is -0.240. The Kier molecular flexibility index (Phi) is 4.93. The molecule has 14 heavy (non-hydrogen) atoms. The van der Waals surface area contributed by atoms with Crippen LogP contribution < -0.4 is 10.5 Å². The molecule has 0 aromatic rings. The van der Waals surface area contributed by atoms with Gasteiger partial charge in [0, 0.05) is 13.1 Å². The van der Waals surface area contributed by atoms with Crippen molar-refractivity contribution in [2.45, 2.75) is 32.9 Å². The summed E-state index contributed by atoms with van der Waals surface area (Å²) in [7, 11) is -2.05. The lowest BCUT2D eigenvalue weighted by atomic mass is 10.3. The van der Waals surface area contributed by atoms with Crippen LogP contribution >= 0.6 is 12.2 Å². The molecule has 0 aliphatic heterocycles. The van der Waals surface area contributed by atoms with Gasteiger partial charge in [-0.05, 0) is 20.8 Å². The summed E-state index contributed by atoms with van der Waals surface area (Å²) in [5.74, 6) is 0. The average Bonchev–Trinajstić information content (AvgIpc) is 1.99. The van der Waals surface area contributed by atoms with Gasteiger partial charge in [-0.25, -0.2) is 0 Å². The predicted octanol–water partition coefficient (Wildman–Crippen LogP) is -0.164. The molecule has 0 aliphatic carbocycles. The maximum atomic E-state index is 11.6. The fourth-order valence-corrected chi connectivity index (χ4v) is 2.29. The van der Waals surface area contributed by atoms with E-state index >= 15 is 0 Å². The molecule has 0 amide bonds. The highest BCUT2D eigenvalue weighted by molar-refractivity contribution is 7.87. The standard InChI is InChI=1S/C7H17N3O2S2/c1-5(2)9-14(11,12)10(4)6(3)7(8)13/h5-6,9H,1-4H3,(H2,8,13). The van der Waals surface area contributed by atoms with Gasteiger partial charge in [0.2, 0.25) is 0 Å². The molecule has 0 rings (SSSR count). The molecule has 7 heteroatoms. The first-order valence-corrected chi connectivity index (χ1v) is 6.08. The van der Waals surface area contributed by atoms with Gasteiger partial charge in [-0.1, -0.05) is 12.2 Å². The summed E-state index contributed by atoms with van der Waals surface area (Å²) < 4.78 is 26.7. The third-order valence-corrected chi connectivity index (χ3v) is 3.91. The maximum Gasteiger partial charge on any atom is 0.280 e. The molecule has 0 bridgehead atoms. The molecule has 1 unspecified atom stereocenters. The van der Waals surface area contributed by atoms with E-state index in [0.717, 1.165) is 4.31 Å². The van der Waals surface area contributed by atoms with Gasteiger partial charge < -0.3 is 5.73 Å². The molecule has 0 saturated carbocycles. The molecule has 5 nitrogen and oxygen atoms in total. The van der Waals surface area contributed by atoms with E-state index in [1.54, 1.807) is 20.8 Å². The number of hydrogen-bond acceptors (Lipinski definition) is 3. The first-order chi connectivity index (χ1) is 6.18. The maximum absolute atomic E-state index is 11.6. The fraction of sp³-hybridized carbons (Fsp3) is 0.857. The topological polar surface area (TPSA) is 75.4 Å². The van der Waals surface area contributed by atoms with Crippen molar-refractivity contribution < 1.29 is 8.42 Å². The minimum absolute atomic E-state index is 0.152. The van der Waals surface area contributed by atoms with Crippen molar-refractivity contribution in [3.05, 3.63) is 0 Å². The van der Waals surface area contributed by atoms with Gasteiger partial charge in [-0.15, -0.1) is 0 Å². The van der Waals surface area contributed by atoms with Crippen molar-refractivity contribution in [1.82, 2.24) is 9.03 Å². The van der Waals surface area contributed by atoms with Gasteiger partial charge in [0.1, 0.15) is 0 Å². The van der Waals surface area contributed by atoms with Crippen LogP contribution in [0.5, 0.6) is 0 Å². The van der Waals surface area contributed by atoms with E-state index in [-0.39, 0.29) is 11.0 Å². The highest BCUT2D eigenvalue weighted by atomic mass is 32.2. The second-order valence-corrected chi connectivity index (χ2v) is 5.61. The largest absolute Gasteiger partial charge is 0.392 e. The number of nitrogens with zero attached hydrogens (tertiary/aromatic N) is 1. The van der Waals surface area contributed by atoms with Crippen LogP contribution in [0.25, 0.3) is 0 Å². The molecule has 0 fully saturated rings. The zero-order valence-corrected chi connectivity index (χ0v) is 10.4. The van der Waals surface area contributed by atoms with Gasteiger partial charge in [0.25, 0.3) is 10.2 Å². The molecule has 1 atom stereocenters. The molecule has 0 aromatic carbocycles. The lowest BCUT2D eigenvalue weighted by Crippen LogP contribution is -2.49. The van der Waals surface area contributed by atoms with Crippen molar-refractivity contribution >= 4 is 27.4 Å². The molecule has 0 aliphatic rings. The summed E-state index contributed by atoms with van der Waals surface area (Å²) in [6.45, 7) is 5.13. The molecular weight excluding hydrogens is 222 g/mol. The smallest absolute Gasteiger partial charge is 0.280 e. The van der Waals surface area contributed by atoms with Gasteiger partial charge in [0.05, 0.1) is 11.0 Å². The van der Waals surface area contributed by atoms with Crippen LogP contribution in [0.2, 0.25) is 0 Å². The quantitative estimate of drug-likeness (QED) is 0.654. The molecule has 0 saturated heterocycles. The number of nitrogens with one attached hydrogen (secondary N) is 1. The Morgan fingerprint density at radius 1 is 1.43 bits per heavy atom. The fourth-order valence-electron chi connectivity index (χ4n) is 0.768. The Morgan fingerprint density at radius 2 is 1.86 bits per heavy atom. The van der Waals surface area contributed by atoms with Crippen molar-refractivity contribution in [3.8, 4) is 0 Å². The average molecular weight is 239 g/mol. The van der Waals surface area contributed by atoms with Crippen molar-refractivity contribution in [3.63, 3.8) is 0 Å². The normalized spacial score (nSPS) is 14.7. The minimum atomic E-state index is -3.49. The summed E-state index contributed by atoms with van der Waals surface area (Å²) in [5, 5.41) is 0. The van der Waals surface area contributed by atoms with E-state index < -0.39 is 16.3 Å². The Morgan fingerprint density at radius 3 is 2.14 bits per heavy atom. The number of hydrogen-bond donors (Lipinski definition) is 2. The first kappa shape index (κ1) is 13.8. The van der Waals surface area contributed by atoms with Gasteiger partial charge in [-0.2, -0.15) is 17.4 Å². The van der Waals surface area contributed by atoms with E-state index in [0.29, 0.717) is 0 Å². The monoisotopic (exact) mass is 239 g/mol. The van der Waals surface area contributed by atoms with E-state index in [1.807, 2.05) is 0 Å². The summed E-state index contributed by atoms with van der Waals surface area (Å²) in [4.78, 5) is 0.154. The summed E-state index contributed by atoms with van der Waals surface area (Å²) in [6, 6.07) is -0.637. The van der Waals surface area contributed by atoms with Crippen LogP contribution in [0, 0.1) is 0 Å². The van der Waals surface area contributed by atoms with Crippen LogP contribution in [-0.2, 0) is 10.2 Å². The van der Waals surface area contributed by atoms with Crippen molar-refractivity contribution in [1.29, 1.82) is 0 Å². The van der Waals surface area contributed by atoms with E-state index in [9.17, 15) is 8.42 Å². The zero-order valence-electron chi connectivity index (χ0n) is 8.81. The Bertz CT molecular complexity index is 300. The molecule has 3 N–H and O–H groups in total. The molecule has 0 heterocycles. The van der Waals surface area contributed by atoms with Crippen LogP contribution in [0.15, 0.2) is 0 Å². The SMILES string of the molecule is CC(C)NS(=O)(=O)N(C)C(C)C(N)=S. The number of likely N-dealkylation sites (N-methyl/N-ethyl adjacent to an activating group) is 1. The molecule has 0 radical (unpaired) electrons. The second-order valence-electron chi connectivity index (χ2n) is 3.37. The molecule has 0 spiro atoms. The second kappa shape index (κ2) is 5.01. The molecular formula is C7H17N3O2S2. The van der Waals surface area contributed by atoms with E-state index in [1.165, 1.54) is 7.05 Å². The summed E-state index contributed by atoms with van der Waals surface area (Å²) in [6.07, 6.45) is 0. The first-order valence-electron chi connectivity index (χ1n) is 4.23. The minimum Gasteiger partial charge on any atom is -0.392 e. The van der Waals surface area contributed by atoms with Gasteiger partial charge >= 0.3 is 0 Å². The van der Waals surface area contributed by atoms with E-state index in [2.05, 4.69) is 4.72 Å². The highest BCUT2D eigenvalue weighted by Gasteiger charge is 2.24. The zero-order chi connectivity index (χ0) is 11.5. The number of rotatable bonds is 5. The third kappa shape index (κ3) is 3.87. The van der Waals surface area contributed by atoms with E-state index in [4.69, 9.17) is 18.0 Å². The molecule has 0 aromatic heterocycles. The molecule has 84 valence electrons. The number of thiocarbonyl (C=S) groups is 1. The van der Waals surface area contributed by atoms with Crippen LogP contribution in [0.4, 0.5) is 0 Å².